The summed E-state index contributed by atoms with van der Waals surface area (Å²) in [4.78, 5) is 27.0. The van der Waals surface area contributed by atoms with Crippen LogP contribution in [0.4, 0.5) is 0 Å². The Balaban J connectivity index is 2.05. The molecule has 2 aliphatic rings. The minimum absolute atomic E-state index is 0.0600. The van der Waals surface area contributed by atoms with Gasteiger partial charge in [0.1, 0.15) is 12.1 Å². The lowest BCUT2D eigenvalue weighted by Crippen LogP contribution is -2.64. The molecule has 120 valence electrons. The van der Waals surface area contributed by atoms with Gasteiger partial charge in [-0.1, -0.05) is 27.7 Å². The van der Waals surface area contributed by atoms with Gasteiger partial charge in [0, 0.05) is 6.54 Å². The molecule has 21 heavy (non-hydrogen) atoms. The summed E-state index contributed by atoms with van der Waals surface area (Å²) in [5, 5.41) is 2.98. The fraction of sp³-hybridized carbons (Fsp3) is 0.882. The topological polar surface area (TPSA) is 49.4 Å². The maximum Gasteiger partial charge on any atom is 0.246 e. The van der Waals surface area contributed by atoms with Crippen LogP contribution >= 0.6 is 0 Å². The number of nitrogens with one attached hydrogen (secondary N) is 1. The van der Waals surface area contributed by atoms with Gasteiger partial charge >= 0.3 is 0 Å². The number of amides is 2. The van der Waals surface area contributed by atoms with E-state index in [1.165, 1.54) is 0 Å². The molecule has 1 N–H and O–H groups in total. The van der Waals surface area contributed by atoms with Crippen molar-refractivity contribution in [2.75, 3.05) is 6.54 Å². The predicted molar refractivity (Wildman–Crippen MR) is 83.7 cm³/mol. The molecule has 1 saturated carbocycles. The van der Waals surface area contributed by atoms with Crippen LogP contribution in [0.2, 0.25) is 0 Å². The number of hydrogen-bond donors (Lipinski definition) is 1. The summed E-state index contributed by atoms with van der Waals surface area (Å²) in [7, 11) is 0. The number of nitrogens with zero attached hydrogens (tertiary/aromatic N) is 1. The average molecular weight is 294 g/mol. The van der Waals surface area contributed by atoms with Gasteiger partial charge in [0.2, 0.25) is 11.8 Å². The number of rotatable bonds is 7. The Bertz CT molecular complexity index is 388. The van der Waals surface area contributed by atoms with Crippen LogP contribution in [0.1, 0.15) is 59.8 Å². The van der Waals surface area contributed by atoms with Crippen LogP contribution in [-0.4, -0.2) is 35.3 Å². The number of hydrogen-bond acceptors (Lipinski definition) is 2. The van der Waals surface area contributed by atoms with Crippen LogP contribution in [-0.2, 0) is 9.59 Å². The van der Waals surface area contributed by atoms with E-state index >= 15 is 0 Å². The summed E-state index contributed by atoms with van der Waals surface area (Å²) in [5.74, 6) is 1.66. The lowest BCUT2D eigenvalue weighted by molar-refractivity contribution is -0.150. The second kappa shape index (κ2) is 6.80. The van der Waals surface area contributed by atoms with Gasteiger partial charge in [0.15, 0.2) is 0 Å². The third kappa shape index (κ3) is 4.21. The number of carbonyl (C=O) groups is 2. The van der Waals surface area contributed by atoms with E-state index in [4.69, 9.17) is 0 Å². The molecule has 0 bridgehead atoms. The standard InChI is InChI=1S/C17H30N2O2/c1-11(2)6-5-9-19-14(10-12(3)4)16(20)18-15(17(19)21)13-7-8-13/h11-15H,5-10H2,1-4H3,(H,18,20). The lowest BCUT2D eigenvalue weighted by Gasteiger charge is -2.40. The van der Waals surface area contributed by atoms with E-state index in [0.717, 1.165) is 38.6 Å². The van der Waals surface area contributed by atoms with E-state index in [1.807, 2.05) is 4.90 Å². The minimum Gasteiger partial charge on any atom is -0.342 e. The van der Waals surface area contributed by atoms with Crippen LogP contribution in [0.5, 0.6) is 0 Å². The summed E-state index contributed by atoms with van der Waals surface area (Å²) in [6.07, 6.45) is 5.00. The van der Waals surface area contributed by atoms with Crippen LogP contribution in [0.15, 0.2) is 0 Å². The predicted octanol–water partition coefficient (Wildman–Crippen LogP) is 2.57. The summed E-state index contributed by atoms with van der Waals surface area (Å²) >= 11 is 0. The SMILES string of the molecule is CC(C)CCCN1C(=O)C(C2CC2)NC(=O)C1CC(C)C. The van der Waals surface area contributed by atoms with Gasteiger partial charge in [-0.3, -0.25) is 9.59 Å². The van der Waals surface area contributed by atoms with Gasteiger partial charge in [-0.15, -0.1) is 0 Å². The van der Waals surface area contributed by atoms with Crippen molar-refractivity contribution >= 4 is 11.8 Å². The molecule has 0 aromatic heterocycles. The second-order valence-corrected chi connectivity index (χ2v) is 7.54. The highest BCUT2D eigenvalue weighted by Gasteiger charge is 2.46. The second-order valence-electron chi connectivity index (χ2n) is 7.54. The summed E-state index contributed by atoms with van der Waals surface area (Å²) in [6, 6.07) is -0.514. The first-order valence-electron chi connectivity index (χ1n) is 8.51. The third-order valence-electron chi connectivity index (χ3n) is 4.49. The molecule has 4 heteroatoms. The van der Waals surface area contributed by atoms with E-state index in [9.17, 15) is 9.59 Å². The molecule has 1 heterocycles. The molecule has 4 nitrogen and oxygen atoms in total. The smallest absolute Gasteiger partial charge is 0.246 e. The molecule has 0 radical (unpaired) electrons. The van der Waals surface area contributed by atoms with Crippen LogP contribution < -0.4 is 5.32 Å². The molecule has 1 aliphatic heterocycles. The van der Waals surface area contributed by atoms with Crippen molar-refractivity contribution in [2.45, 2.75) is 71.9 Å². The monoisotopic (exact) mass is 294 g/mol. The molecule has 0 spiro atoms. The number of carbonyl (C=O) groups excluding carboxylic acids is 2. The Kier molecular flexibility index (Phi) is 5.28. The van der Waals surface area contributed by atoms with E-state index in [-0.39, 0.29) is 23.9 Å². The Morgan fingerprint density at radius 3 is 2.33 bits per heavy atom. The van der Waals surface area contributed by atoms with Gasteiger partial charge in [0.25, 0.3) is 0 Å². The normalized spacial score (nSPS) is 26.7. The van der Waals surface area contributed by atoms with Crippen molar-refractivity contribution in [1.82, 2.24) is 10.2 Å². The highest BCUT2D eigenvalue weighted by Crippen LogP contribution is 2.35. The summed E-state index contributed by atoms with van der Waals surface area (Å²) in [6.45, 7) is 9.34. The quantitative estimate of drug-likeness (QED) is 0.784. The average Bonchev–Trinajstić information content (AvgIpc) is 3.20. The third-order valence-corrected chi connectivity index (χ3v) is 4.49. The van der Waals surface area contributed by atoms with Crippen LogP contribution in [0.3, 0.4) is 0 Å². The molecule has 2 unspecified atom stereocenters. The maximum atomic E-state index is 12.7. The first-order chi connectivity index (χ1) is 9.90. The summed E-state index contributed by atoms with van der Waals surface area (Å²) < 4.78 is 0. The molecular formula is C17H30N2O2. The molecule has 2 fully saturated rings. The molecule has 1 saturated heterocycles. The van der Waals surface area contributed by atoms with E-state index in [1.54, 1.807) is 0 Å². The molecular weight excluding hydrogens is 264 g/mol. The maximum absolute atomic E-state index is 12.7. The van der Waals surface area contributed by atoms with Crippen molar-refractivity contribution in [3.63, 3.8) is 0 Å². The van der Waals surface area contributed by atoms with Crippen molar-refractivity contribution in [1.29, 1.82) is 0 Å². The van der Waals surface area contributed by atoms with Crippen LogP contribution in [0, 0.1) is 17.8 Å². The van der Waals surface area contributed by atoms with Gasteiger partial charge in [-0.25, -0.2) is 0 Å². The molecule has 0 aromatic carbocycles. The molecule has 2 rings (SSSR count). The van der Waals surface area contributed by atoms with Gasteiger partial charge < -0.3 is 10.2 Å². The zero-order valence-electron chi connectivity index (χ0n) is 13.9. The zero-order chi connectivity index (χ0) is 15.6. The highest BCUT2D eigenvalue weighted by molar-refractivity contribution is 5.97. The molecule has 2 amide bonds. The summed E-state index contributed by atoms with van der Waals surface area (Å²) in [5.41, 5.74) is 0. The molecule has 2 atom stereocenters. The van der Waals surface area contributed by atoms with E-state index in [2.05, 4.69) is 33.0 Å². The van der Waals surface area contributed by atoms with Crippen LogP contribution in [0.25, 0.3) is 0 Å². The Morgan fingerprint density at radius 1 is 1.14 bits per heavy atom. The van der Waals surface area contributed by atoms with Crippen molar-refractivity contribution < 1.29 is 9.59 Å². The van der Waals surface area contributed by atoms with E-state index < -0.39 is 0 Å². The first-order valence-corrected chi connectivity index (χ1v) is 8.51. The Morgan fingerprint density at radius 2 is 1.81 bits per heavy atom. The number of piperazine rings is 1. The lowest BCUT2D eigenvalue weighted by atomic mass is 9.95. The first kappa shape index (κ1) is 16.3. The minimum atomic E-state index is -0.264. The van der Waals surface area contributed by atoms with E-state index in [0.29, 0.717) is 17.8 Å². The Hall–Kier alpha value is -1.06. The molecule has 1 aliphatic carbocycles. The largest absolute Gasteiger partial charge is 0.342 e. The van der Waals surface area contributed by atoms with Gasteiger partial charge in [0.05, 0.1) is 0 Å². The van der Waals surface area contributed by atoms with Crippen molar-refractivity contribution in [3.05, 3.63) is 0 Å². The highest BCUT2D eigenvalue weighted by atomic mass is 16.2. The van der Waals surface area contributed by atoms with Gasteiger partial charge in [-0.2, -0.15) is 0 Å². The zero-order valence-corrected chi connectivity index (χ0v) is 13.9. The fourth-order valence-electron chi connectivity index (χ4n) is 3.15. The van der Waals surface area contributed by atoms with Crippen molar-refractivity contribution in [3.8, 4) is 0 Å². The van der Waals surface area contributed by atoms with Crippen molar-refractivity contribution in [2.24, 2.45) is 17.8 Å². The fourth-order valence-corrected chi connectivity index (χ4v) is 3.15. The van der Waals surface area contributed by atoms with Gasteiger partial charge in [-0.05, 0) is 49.9 Å². The Labute approximate surface area is 128 Å². The molecule has 0 aromatic rings.